The van der Waals surface area contributed by atoms with Gasteiger partial charge in [0.25, 0.3) is 0 Å². The van der Waals surface area contributed by atoms with Crippen molar-refractivity contribution in [2.24, 2.45) is 23.2 Å². The Morgan fingerprint density at radius 2 is 1.87 bits per heavy atom. The van der Waals surface area contributed by atoms with Crippen LogP contribution >= 0.6 is 0 Å². The molecular weight excluding hydrogens is 388 g/mol. The standard InChI is InChI=1S/C23H24O7/c1-9-18-16-15-12(7-22(4)17(16)19(27-9)29-20(22)25)23(8-26-23)11-6-14(24)30-21(2,3)10(11)5-13(15)28-18/h5-6,9,12-13,15,17,19H,7-8H2,1-4H3. The van der Waals surface area contributed by atoms with Crippen LogP contribution in [0.4, 0.5) is 0 Å². The second-order valence-electron chi connectivity index (χ2n) is 10.4. The highest BCUT2D eigenvalue weighted by Gasteiger charge is 2.73. The summed E-state index contributed by atoms with van der Waals surface area (Å²) in [6.07, 6.45) is 3.27. The summed E-state index contributed by atoms with van der Waals surface area (Å²) in [6, 6.07) is 0. The van der Waals surface area contributed by atoms with Crippen molar-refractivity contribution in [1.29, 1.82) is 0 Å². The van der Waals surface area contributed by atoms with Crippen molar-refractivity contribution >= 4 is 11.9 Å². The van der Waals surface area contributed by atoms with E-state index in [0.717, 1.165) is 22.5 Å². The molecule has 5 heterocycles. The molecule has 7 heteroatoms. The van der Waals surface area contributed by atoms with E-state index in [9.17, 15) is 9.59 Å². The van der Waals surface area contributed by atoms with Crippen LogP contribution in [0.2, 0.25) is 0 Å². The van der Waals surface area contributed by atoms with E-state index in [1.807, 2.05) is 27.7 Å². The molecule has 0 bridgehead atoms. The number of fused-ring (bicyclic) bond motifs is 3. The second-order valence-corrected chi connectivity index (χ2v) is 10.4. The maximum absolute atomic E-state index is 13.0. The Hall–Kier alpha value is -2.12. The Morgan fingerprint density at radius 3 is 2.60 bits per heavy atom. The number of epoxide rings is 1. The van der Waals surface area contributed by atoms with Crippen LogP contribution in [0, 0.1) is 23.2 Å². The molecule has 158 valence electrons. The lowest BCUT2D eigenvalue weighted by Crippen LogP contribution is -2.51. The van der Waals surface area contributed by atoms with Crippen LogP contribution in [0.1, 0.15) is 34.1 Å². The molecule has 1 spiro atoms. The number of esters is 2. The first-order chi connectivity index (χ1) is 14.2. The summed E-state index contributed by atoms with van der Waals surface area (Å²) < 4.78 is 30.1. The number of cyclic esters (lactones) is 1. The summed E-state index contributed by atoms with van der Waals surface area (Å²) >= 11 is 0. The van der Waals surface area contributed by atoms with E-state index in [-0.39, 0.29) is 41.9 Å². The summed E-state index contributed by atoms with van der Waals surface area (Å²) in [5.41, 5.74) is 0.926. The molecule has 3 fully saturated rings. The molecule has 30 heavy (non-hydrogen) atoms. The van der Waals surface area contributed by atoms with Crippen molar-refractivity contribution in [1.82, 2.24) is 0 Å². The average Bonchev–Trinajstić information content (AvgIpc) is 3.32. The lowest BCUT2D eigenvalue weighted by atomic mass is 9.54. The van der Waals surface area contributed by atoms with Crippen molar-refractivity contribution in [3.63, 3.8) is 0 Å². The Morgan fingerprint density at radius 1 is 1.10 bits per heavy atom. The lowest BCUT2D eigenvalue weighted by molar-refractivity contribution is -0.179. The molecule has 0 amide bonds. The van der Waals surface area contributed by atoms with Gasteiger partial charge in [0.2, 0.25) is 6.29 Å². The minimum Gasteiger partial charge on any atom is -0.487 e. The van der Waals surface area contributed by atoms with E-state index in [1.165, 1.54) is 0 Å². The topological polar surface area (TPSA) is 83.6 Å². The minimum absolute atomic E-state index is 0.00884. The second kappa shape index (κ2) is 4.86. The molecular formula is C23H24O7. The summed E-state index contributed by atoms with van der Waals surface area (Å²) in [4.78, 5) is 25.4. The molecule has 0 aromatic rings. The number of carbonyl (C=O) groups excluding carboxylic acids is 2. The van der Waals surface area contributed by atoms with Crippen LogP contribution in [0.3, 0.4) is 0 Å². The Balaban J connectivity index is 1.48. The number of carbonyl (C=O) groups is 2. The molecule has 8 atom stereocenters. The minimum atomic E-state index is -0.774. The van der Waals surface area contributed by atoms with Gasteiger partial charge in [0, 0.05) is 29.1 Å². The fourth-order valence-electron chi connectivity index (χ4n) is 7.06. The van der Waals surface area contributed by atoms with E-state index < -0.39 is 22.9 Å². The summed E-state index contributed by atoms with van der Waals surface area (Å²) in [6.45, 7) is 8.28. The normalized spacial score (nSPS) is 51.2. The van der Waals surface area contributed by atoms with Gasteiger partial charge in [-0.25, -0.2) is 4.79 Å². The Labute approximate surface area is 174 Å². The van der Waals surface area contributed by atoms with Gasteiger partial charge < -0.3 is 23.7 Å². The maximum atomic E-state index is 13.0. The van der Waals surface area contributed by atoms with E-state index >= 15 is 0 Å². The van der Waals surface area contributed by atoms with Gasteiger partial charge in [-0.1, -0.05) is 0 Å². The molecule has 5 aliphatic heterocycles. The molecule has 7 rings (SSSR count). The number of rotatable bonds is 0. The van der Waals surface area contributed by atoms with Gasteiger partial charge in [-0.3, -0.25) is 4.79 Å². The van der Waals surface area contributed by atoms with E-state index in [1.54, 1.807) is 6.08 Å². The lowest BCUT2D eigenvalue weighted by Gasteiger charge is -2.46. The van der Waals surface area contributed by atoms with Gasteiger partial charge in [0.05, 0.1) is 17.9 Å². The number of hydrogen-bond acceptors (Lipinski definition) is 7. The molecule has 7 aliphatic rings. The maximum Gasteiger partial charge on any atom is 0.332 e. The smallest absolute Gasteiger partial charge is 0.332 e. The van der Waals surface area contributed by atoms with Gasteiger partial charge in [-0.2, -0.15) is 0 Å². The van der Waals surface area contributed by atoms with Crippen molar-refractivity contribution < 1.29 is 33.3 Å². The zero-order valence-electron chi connectivity index (χ0n) is 17.4. The van der Waals surface area contributed by atoms with Crippen LogP contribution in [-0.4, -0.2) is 48.2 Å². The fraction of sp³-hybridized carbons (Fsp3) is 0.652. The van der Waals surface area contributed by atoms with Crippen LogP contribution in [0.15, 0.2) is 34.6 Å². The van der Waals surface area contributed by atoms with Crippen molar-refractivity contribution in [2.75, 3.05) is 6.61 Å². The molecule has 0 aromatic heterocycles. The molecule has 1 saturated carbocycles. The van der Waals surface area contributed by atoms with Crippen LogP contribution in [0.25, 0.3) is 0 Å². The highest BCUT2D eigenvalue weighted by Crippen LogP contribution is 2.68. The van der Waals surface area contributed by atoms with Gasteiger partial charge in [0.15, 0.2) is 0 Å². The molecule has 2 saturated heterocycles. The Kier molecular flexibility index (Phi) is 2.84. The molecule has 0 aromatic carbocycles. The largest absolute Gasteiger partial charge is 0.487 e. The molecule has 0 N–H and O–H groups in total. The predicted octanol–water partition coefficient (Wildman–Crippen LogP) is 2.17. The van der Waals surface area contributed by atoms with Gasteiger partial charge in [-0.15, -0.1) is 0 Å². The third kappa shape index (κ3) is 1.78. The first-order valence-corrected chi connectivity index (χ1v) is 10.7. The first kappa shape index (κ1) is 17.5. The SMILES string of the molecule is CC1OC2OC(=O)C3(C)CC4C5C(=C1OC5C=C1C(=CC(=O)OC1(C)C)C41CO1)C23. The summed E-state index contributed by atoms with van der Waals surface area (Å²) in [5, 5.41) is 0. The van der Waals surface area contributed by atoms with Gasteiger partial charge in [-0.05, 0) is 45.8 Å². The molecule has 8 unspecified atom stereocenters. The highest BCUT2D eigenvalue weighted by molar-refractivity contribution is 5.88. The third-order valence-corrected chi connectivity index (χ3v) is 8.43. The predicted molar refractivity (Wildman–Crippen MR) is 101 cm³/mol. The van der Waals surface area contributed by atoms with Crippen molar-refractivity contribution in [3.8, 4) is 0 Å². The fourth-order valence-corrected chi connectivity index (χ4v) is 7.06. The third-order valence-electron chi connectivity index (χ3n) is 8.43. The van der Waals surface area contributed by atoms with Crippen molar-refractivity contribution in [2.45, 2.75) is 63.8 Å². The molecule has 7 nitrogen and oxygen atoms in total. The Bertz CT molecular complexity index is 1030. The van der Waals surface area contributed by atoms with Crippen LogP contribution in [0.5, 0.6) is 0 Å². The van der Waals surface area contributed by atoms with E-state index in [4.69, 9.17) is 23.7 Å². The first-order valence-electron chi connectivity index (χ1n) is 10.7. The van der Waals surface area contributed by atoms with E-state index in [2.05, 4.69) is 6.08 Å². The number of hydrogen-bond donors (Lipinski definition) is 0. The summed E-state index contributed by atoms with van der Waals surface area (Å²) in [5.74, 6) is 0.201. The monoisotopic (exact) mass is 412 g/mol. The van der Waals surface area contributed by atoms with Gasteiger partial charge in [0.1, 0.15) is 29.2 Å². The van der Waals surface area contributed by atoms with Crippen molar-refractivity contribution in [3.05, 3.63) is 34.6 Å². The van der Waals surface area contributed by atoms with Crippen LogP contribution < -0.4 is 0 Å². The zero-order chi connectivity index (χ0) is 20.8. The molecule has 0 radical (unpaired) electrons. The quantitative estimate of drug-likeness (QED) is 0.445. The summed E-state index contributed by atoms with van der Waals surface area (Å²) in [7, 11) is 0. The number of ether oxygens (including phenoxy) is 5. The zero-order valence-corrected chi connectivity index (χ0v) is 17.4. The van der Waals surface area contributed by atoms with E-state index in [0.29, 0.717) is 13.0 Å². The molecule has 2 aliphatic carbocycles. The highest BCUT2D eigenvalue weighted by atomic mass is 16.7. The van der Waals surface area contributed by atoms with Gasteiger partial charge >= 0.3 is 11.9 Å². The van der Waals surface area contributed by atoms with Crippen LogP contribution in [-0.2, 0) is 33.3 Å². The average molecular weight is 412 g/mol.